The monoisotopic (exact) mass is 525 g/mol. The van der Waals surface area contributed by atoms with Gasteiger partial charge in [0.05, 0.1) is 11.9 Å². The van der Waals surface area contributed by atoms with E-state index < -0.39 is 41.6 Å². The van der Waals surface area contributed by atoms with Crippen LogP contribution < -0.4 is 16.0 Å². The van der Waals surface area contributed by atoms with Gasteiger partial charge in [-0.3, -0.25) is 14.4 Å². The van der Waals surface area contributed by atoms with Crippen LogP contribution in [-0.4, -0.2) is 58.4 Å². The number of alkyl halides is 1. The van der Waals surface area contributed by atoms with E-state index in [1.165, 1.54) is 12.1 Å². The molecule has 202 valence electrons. The molecule has 3 atom stereocenters. The summed E-state index contributed by atoms with van der Waals surface area (Å²) in [6, 6.07) is 3.45. The second-order valence-corrected chi connectivity index (χ2v) is 10.9. The number of aromatic hydroxyl groups is 1. The summed E-state index contributed by atoms with van der Waals surface area (Å²) >= 11 is 5.71. The molecule has 0 spiro atoms. The minimum absolute atomic E-state index is 0.0524. The van der Waals surface area contributed by atoms with E-state index in [0.717, 1.165) is 0 Å². The second-order valence-electron chi connectivity index (χ2n) is 10.6. The Morgan fingerprint density at radius 3 is 1.94 bits per heavy atom. The Balaban J connectivity index is 3.14. The van der Waals surface area contributed by atoms with Crippen molar-refractivity contribution >= 4 is 35.3 Å². The molecule has 0 aliphatic rings. The highest BCUT2D eigenvalue weighted by Gasteiger charge is 2.31. The first-order chi connectivity index (χ1) is 16.6. The van der Waals surface area contributed by atoms with Crippen molar-refractivity contribution in [3.63, 3.8) is 0 Å². The van der Waals surface area contributed by atoms with Crippen molar-refractivity contribution < 1.29 is 29.0 Å². The van der Waals surface area contributed by atoms with E-state index >= 15 is 0 Å². The lowest BCUT2D eigenvalue weighted by Gasteiger charge is -2.28. The van der Waals surface area contributed by atoms with E-state index in [1.54, 1.807) is 46.8 Å². The van der Waals surface area contributed by atoms with Crippen LogP contribution in [0.3, 0.4) is 0 Å². The molecule has 0 heterocycles. The number of halogens is 1. The van der Waals surface area contributed by atoms with Gasteiger partial charge in [0.1, 0.15) is 23.4 Å². The van der Waals surface area contributed by atoms with Crippen LogP contribution in [0.25, 0.3) is 0 Å². The summed E-state index contributed by atoms with van der Waals surface area (Å²) in [7, 11) is 0. The first kappa shape index (κ1) is 31.2. The molecule has 0 unspecified atom stereocenters. The van der Waals surface area contributed by atoms with Crippen LogP contribution in [0.1, 0.15) is 60.5 Å². The number of ether oxygens (including phenoxy) is 1. The standard InChI is InChI=1S/C26H40ClN3O6/c1-15(2)12-19(24(34)30-22(16(3)4)21(32)14-27)28-23(33)20(29-25(35)36-26(5,6)7)13-17-8-10-18(31)11-9-17/h8-11,15-16,19-20,22,31H,12-14H2,1-7H3,(H,28,33)(H,29,35)(H,30,34)/t19-,20-,22-/m0/s1. The molecule has 1 aromatic rings. The molecule has 3 amide bonds. The zero-order valence-corrected chi connectivity index (χ0v) is 22.9. The van der Waals surface area contributed by atoms with Gasteiger partial charge >= 0.3 is 6.09 Å². The minimum Gasteiger partial charge on any atom is -0.508 e. The van der Waals surface area contributed by atoms with Crippen molar-refractivity contribution in [3.8, 4) is 5.75 Å². The molecule has 36 heavy (non-hydrogen) atoms. The van der Waals surface area contributed by atoms with Gasteiger partial charge in [0.2, 0.25) is 11.8 Å². The van der Waals surface area contributed by atoms with Gasteiger partial charge < -0.3 is 25.8 Å². The fourth-order valence-electron chi connectivity index (χ4n) is 3.46. The van der Waals surface area contributed by atoms with Gasteiger partial charge in [-0.15, -0.1) is 11.6 Å². The molecule has 9 nitrogen and oxygen atoms in total. The lowest BCUT2D eigenvalue weighted by Crippen LogP contribution is -2.57. The van der Waals surface area contributed by atoms with Gasteiger partial charge in [0.25, 0.3) is 0 Å². The summed E-state index contributed by atoms with van der Waals surface area (Å²) in [6.07, 6.45) is -0.366. The maximum Gasteiger partial charge on any atom is 0.408 e. The third-order valence-corrected chi connectivity index (χ3v) is 5.43. The summed E-state index contributed by atoms with van der Waals surface area (Å²) in [5.41, 5.74) is -0.0914. The Morgan fingerprint density at radius 2 is 1.47 bits per heavy atom. The molecule has 0 saturated carbocycles. The Morgan fingerprint density at radius 1 is 0.917 bits per heavy atom. The highest BCUT2D eigenvalue weighted by molar-refractivity contribution is 6.28. The fourth-order valence-corrected chi connectivity index (χ4v) is 3.62. The first-order valence-corrected chi connectivity index (χ1v) is 12.6. The van der Waals surface area contributed by atoms with Crippen molar-refractivity contribution in [2.75, 3.05) is 5.88 Å². The normalized spacial score (nSPS) is 14.1. The van der Waals surface area contributed by atoms with Gasteiger partial charge in [-0.2, -0.15) is 0 Å². The van der Waals surface area contributed by atoms with E-state index in [-0.39, 0.29) is 35.7 Å². The Hall–Kier alpha value is -2.81. The maximum absolute atomic E-state index is 13.3. The number of hydrogen-bond donors (Lipinski definition) is 4. The molecule has 0 saturated heterocycles. The number of carbonyl (C=O) groups excluding carboxylic acids is 4. The van der Waals surface area contributed by atoms with Crippen molar-refractivity contribution in [2.45, 2.75) is 85.0 Å². The molecule has 0 radical (unpaired) electrons. The summed E-state index contributed by atoms with van der Waals surface area (Å²) in [4.78, 5) is 51.1. The Bertz CT molecular complexity index is 896. The quantitative estimate of drug-likeness (QED) is 0.309. The van der Waals surface area contributed by atoms with Crippen LogP contribution in [-0.2, 0) is 25.5 Å². The number of phenolic OH excluding ortho intramolecular Hbond substituents is 1. The molecule has 0 aliphatic heterocycles. The molecule has 0 fully saturated rings. The van der Waals surface area contributed by atoms with Crippen molar-refractivity contribution in [1.29, 1.82) is 0 Å². The maximum atomic E-state index is 13.3. The van der Waals surface area contributed by atoms with Crippen LogP contribution >= 0.6 is 11.6 Å². The zero-order chi connectivity index (χ0) is 27.6. The van der Waals surface area contributed by atoms with Crippen LogP contribution in [0.4, 0.5) is 4.79 Å². The molecule has 4 N–H and O–H groups in total. The number of carbonyl (C=O) groups is 4. The van der Waals surface area contributed by atoms with E-state index in [2.05, 4.69) is 16.0 Å². The van der Waals surface area contributed by atoms with Gasteiger partial charge in [0.15, 0.2) is 5.78 Å². The second kappa shape index (κ2) is 14.1. The van der Waals surface area contributed by atoms with Crippen LogP contribution in [0.5, 0.6) is 5.75 Å². The van der Waals surface area contributed by atoms with Gasteiger partial charge in [-0.1, -0.05) is 39.8 Å². The first-order valence-electron chi connectivity index (χ1n) is 12.1. The van der Waals surface area contributed by atoms with Gasteiger partial charge in [-0.05, 0) is 56.7 Å². The van der Waals surface area contributed by atoms with E-state index in [1.807, 2.05) is 13.8 Å². The number of hydrogen-bond acceptors (Lipinski definition) is 6. The van der Waals surface area contributed by atoms with Crippen molar-refractivity contribution in [2.24, 2.45) is 11.8 Å². The lowest BCUT2D eigenvalue weighted by molar-refractivity contribution is -0.132. The van der Waals surface area contributed by atoms with E-state index in [9.17, 15) is 24.3 Å². The average Bonchev–Trinajstić information content (AvgIpc) is 2.75. The number of benzene rings is 1. The van der Waals surface area contributed by atoms with Crippen LogP contribution in [0.15, 0.2) is 24.3 Å². The third-order valence-electron chi connectivity index (χ3n) is 5.17. The Labute approximate surface area is 218 Å². The van der Waals surface area contributed by atoms with Crippen molar-refractivity contribution in [3.05, 3.63) is 29.8 Å². The molecule has 1 rings (SSSR count). The number of ketones is 1. The third kappa shape index (κ3) is 11.3. The molecular formula is C26H40ClN3O6. The molecule has 0 bridgehead atoms. The number of phenols is 1. The lowest BCUT2D eigenvalue weighted by atomic mass is 9.98. The molecule has 1 aromatic carbocycles. The highest BCUT2D eigenvalue weighted by atomic mass is 35.5. The number of alkyl carbamates (subject to hydrolysis) is 1. The number of amides is 3. The number of nitrogens with one attached hydrogen (secondary N) is 3. The largest absolute Gasteiger partial charge is 0.508 e. The smallest absolute Gasteiger partial charge is 0.408 e. The summed E-state index contributed by atoms with van der Waals surface area (Å²) in [5.74, 6) is -1.71. The summed E-state index contributed by atoms with van der Waals surface area (Å²) in [5, 5.41) is 17.6. The van der Waals surface area contributed by atoms with E-state index in [4.69, 9.17) is 16.3 Å². The average molecular weight is 526 g/mol. The zero-order valence-electron chi connectivity index (χ0n) is 22.2. The molecule has 0 aromatic heterocycles. The van der Waals surface area contributed by atoms with E-state index in [0.29, 0.717) is 12.0 Å². The predicted octanol–water partition coefficient (Wildman–Crippen LogP) is 3.31. The highest BCUT2D eigenvalue weighted by Crippen LogP contribution is 2.14. The minimum atomic E-state index is -1.06. The summed E-state index contributed by atoms with van der Waals surface area (Å²) in [6.45, 7) is 12.5. The molecule has 10 heteroatoms. The topological polar surface area (TPSA) is 134 Å². The molecule has 0 aliphatic carbocycles. The summed E-state index contributed by atoms with van der Waals surface area (Å²) < 4.78 is 5.31. The SMILES string of the molecule is CC(C)C[C@H](NC(=O)[C@H](Cc1ccc(O)cc1)NC(=O)OC(C)(C)C)C(=O)N[C@H](C(=O)CCl)C(C)C. The van der Waals surface area contributed by atoms with Crippen LogP contribution in [0.2, 0.25) is 0 Å². The van der Waals surface area contributed by atoms with Gasteiger partial charge in [-0.25, -0.2) is 4.79 Å². The number of Topliss-reactive ketones (excluding diaryl/α,β-unsaturated/α-hetero) is 1. The van der Waals surface area contributed by atoms with Crippen molar-refractivity contribution in [1.82, 2.24) is 16.0 Å². The predicted molar refractivity (Wildman–Crippen MR) is 139 cm³/mol. The number of rotatable bonds is 12. The molecular weight excluding hydrogens is 486 g/mol. The Kier molecular flexibility index (Phi) is 12.2. The fraction of sp³-hybridized carbons (Fsp3) is 0.615. The van der Waals surface area contributed by atoms with Crippen LogP contribution in [0, 0.1) is 11.8 Å². The van der Waals surface area contributed by atoms with Gasteiger partial charge in [0, 0.05) is 6.42 Å².